The molecule has 14 heteroatoms. The summed E-state index contributed by atoms with van der Waals surface area (Å²) in [6.07, 6.45) is -4.54. The van der Waals surface area contributed by atoms with Crippen LogP contribution in [0, 0.1) is 11.6 Å². The molecule has 1 atom stereocenters. The van der Waals surface area contributed by atoms with Gasteiger partial charge < -0.3 is 15.4 Å². The van der Waals surface area contributed by atoms with Crippen LogP contribution in [0.4, 0.5) is 22.0 Å². The molecule has 0 aromatic heterocycles. The van der Waals surface area contributed by atoms with Crippen LogP contribution in [0.1, 0.15) is 39.0 Å². The fraction of sp³-hybridized carbons (Fsp3) is 0.167. The summed E-state index contributed by atoms with van der Waals surface area (Å²) in [6.45, 7) is -0.0820. The van der Waals surface area contributed by atoms with Crippen molar-refractivity contribution < 1.29 is 36.4 Å². The first-order valence-electron chi connectivity index (χ1n) is 12.7. The number of carbonyl (C=O) groups is 1. The predicted molar refractivity (Wildman–Crippen MR) is 157 cm³/mol. The number of hydrogen-bond donors (Lipinski definition) is 1. The second-order valence-corrected chi connectivity index (χ2v) is 11.0. The van der Waals surface area contributed by atoms with E-state index in [1.54, 1.807) is 30.3 Å². The van der Waals surface area contributed by atoms with Crippen molar-refractivity contribution in [1.29, 1.82) is 0 Å². The number of amides is 1. The Morgan fingerprint density at radius 3 is 2.34 bits per heavy atom. The summed E-state index contributed by atoms with van der Waals surface area (Å²) in [6, 6.07) is 13.7. The van der Waals surface area contributed by atoms with Gasteiger partial charge in [-0.3, -0.25) is 4.79 Å². The van der Waals surface area contributed by atoms with E-state index in [0.29, 0.717) is 21.9 Å². The SMILES string of the molecule is NC(=O)c1c(CC=NOCc2ccc(Cl)c(F)c2)cc(C2=NOC(c3cc(Cl)c(F)c(Cl)c3)(C(F)(F)F)C2)c2ccccc12. The Balaban J connectivity index is 1.50. The molecular weight excluding hydrogens is 652 g/mol. The van der Waals surface area contributed by atoms with Gasteiger partial charge in [-0.1, -0.05) is 75.4 Å². The van der Waals surface area contributed by atoms with Crippen LogP contribution < -0.4 is 5.73 Å². The highest BCUT2D eigenvalue weighted by Crippen LogP contribution is 2.50. The molecule has 1 aliphatic rings. The van der Waals surface area contributed by atoms with Crippen molar-refractivity contribution in [2.45, 2.75) is 31.2 Å². The molecule has 0 saturated carbocycles. The van der Waals surface area contributed by atoms with E-state index in [1.165, 1.54) is 24.4 Å². The van der Waals surface area contributed by atoms with Crippen LogP contribution in [-0.2, 0) is 28.3 Å². The molecule has 0 spiro atoms. The van der Waals surface area contributed by atoms with E-state index in [-0.39, 0.29) is 34.9 Å². The van der Waals surface area contributed by atoms with Crippen molar-refractivity contribution in [2.24, 2.45) is 16.0 Å². The largest absolute Gasteiger partial charge is 0.435 e. The molecule has 4 aromatic carbocycles. The number of nitrogens with two attached hydrogens (primary N) is 1. The number of nitrogens with zero attached hydrogens (tertiary/aromatic N) is 2. The average molecular weight is 671 g/mol. The Morgan fingerprint density at radius 2 is 1.70 bits per heavy atom. The Labute approximate surface area is 261 Å². The standard InChI is InChI=1S/C30H19Cl3F5N3O3/c31-21-6-5-15(9-24(21)34)14-43-40-8-7-16-10-20(18-3-1-2-4-19(18)26(16)28(39)42)25-13-29(44-41-25,30(36,37)38)17-11-22(32)27(35)23(33)12-17/h1-6,8-12H,7,13-14H2,(H2,39,42). The lowest BCUT2D eigenvalue weighted by atomic mass is 9.84. The maximum Gasteiger partial charge on any atom is 0.435 e. The normalized spacial score (nSPS) is 16.8. The molecule has 1 amide bonds. The summed E-state index contributed by atoms with van der Waals surface area (Å²) in [5.74, 6) is -2.47. The minimum Gasteiger partial charge on any atom is -0.391 e. The van der Waals surface area contributed by atoms with Gasteiger partial charge in [0.15, 0.2) is 5.82 Å². The summed E-state index contributed by atoms with van der Waals surface area (Å²) in [4.78, 5) is 22.9. The van der Waals surface area contributed by atoms with Crippen LogP contribution in [-0.4, -0.2) is 24.0 Å². The zero-order valence-corrected chi connectivity index (χ0v) is 24.5. The number of primary amides is 1. The maximum atomic E-state index is 14.6. The Morgan fingerprint density at radius 1 is 1.02 bits per heavy atom. The van der Waals surface area contributed by atoms with E-state index in [1.807, 2.05) is 0 Å². The molecule has 4 aromatic rings. The zero-order valence-electron chi connectivity index (χ0n) is 22.2. The van der Waals surface area contributed by atoms with Crippen molar-refractivity contribution in [3.8, 4) is 0 Å². The van der Waals surface area contributed by atoms with Crippen molar-refractivity contribution in [3.63, 3.8) is 0 Å². The van der Waals surface area contributed by atoms with Crippen molar-refractivity contribution in [1.82, 2.24) is 0 Å². The first-order valence-corrected chi connectivity index (χ1v) is 13.8. The average Bonchev–Trinajstić information content (AvgIpc) is 3.43. The molecular formula is C30H19Cl3F5N3O3. The van der Waals surface area contributed by atoms with Gasteiger partial charge >= 0.3 is 6.18 Å². The van der Waals surface area contributed by atoms with Gasteiger partial charge in [0.05, 0.1) is 26.3 Å². The Bertz CT molecular complexity index is 1830. The molecule has 0 fully saturated rings. The lowest BCUT2D eigenvalue weighted by Crippen LogP contribution is -2.42. The molecule has 0 saturated heterocycles. The van der Waals surface area contributed by atoms with Crippen LogP contribution in [0.5, 0.6) is 0 Å². The highest BCUT2D eigenvalue weighted by atomic mass is 35.5. The van der Waals surface area contributed by atoms with E-state index in [4.69, 9.17) is 50.2 Å². The lowest BCUT2D eigenvalue weighted by Gasteiger charge is -2.30. The van der Waals surface area contributed by atoms with Gasteiger partial charge in [-0.05, 0) is 52.2 Å². The van der Waals surface area contributed by atoms with E-state index in [9.17, 15) is 26.7 Å². The van der Waals surface area contributed by atoms with E-state index >= 15 is 0 Å². The van der Waals surface area contributed by atoms with Crippen LogP contribution >= 0.6 is 34.8 Å². The quantitative estimate of drug-likeness (QED) is 0.0883. The highest BCUT2D eigenvalue weighted by Gasteiger charge is 2.62. The van der Waals surface area contributed by atoms with Crippen LogP contribution in [0.3, 0.4) is 0 Å². The van der Waals surface area contributed by atoms with Crippen LogP contribution in [0.25, 0.3) is 10.8 Å². The van der Waals surface area contributed by atoms with Crippen molar-refractivity contribution in [2.75, 3.05) is 0 Å². The third-order valence-corrected chi connectivity index (χ3v) is 7.85. The molecule has 0 aliphatic carbocycles. The topological polar surface area (TPSA) is 86.3 Å². The highest BCUT2D eigenvalue weighted by molar-refractivity contribution is 6.35. The van der Waals surface area contributed by atoms with Gasteiger partial charge in [0.2, 0.25) is 5.91 Å². The Hall–Kier alpha value is -3.93. The van der Waals surface area contributed by atoms with E-state index in [0.717, 1.165) is 12.1 Å². The second kappa shape index (κ2) is 12.2. The van der Waals surface area contributed by atoms with Crippen LogP contribution in [0.15, 0.2) is 71.0 Å². The number of hydrogen-bond acceptors (Lipinski definition) is 5. The fourth-order valence-electron chi connectivity index (χ4n) is 4.89. The third-order valence-electron chi connectivity index (χ3n) is 7.00. The van der Waals surface area contributed by atoms with Gasteiger partial charge in [0, 0.05) is 30.2 Å². The van der Waals surface area contributed by atoms with Crippen molar-refractivity contribution in [3.05, 3.63) is 115 Å². The Kier molecular flexibility index (Phi) is 8.75. The molecule has 6 nitrogen and oxygen atoms in total. The molecule has 0 bridgehead atoms. The number of benzene rings is 4. The minimum absolute atomic E-state index is 0.0210. The predicted octanol–water partition coefficient (Wildman–Crippen LogP) is 8.50. The number of fused-ring (bicyclic) bond motifs is 1. The number of halogens is 8. The number of rotatable bonds is 8. The summed E-state index contributed by atoms with van der Waals surface area (Å²) in [7, 11) is 0. The number of oxime groups is 2. The summed E-state index contributed by atoms with van der Waals surface area (Å²) in [5.41, 5.74) is 3.18. The molecule has 5 rings (SSSR count). The summed E-state index contributed by atoms with van der Waals surface area (Å²) in [5, 5.41) is 7.13. The number of carbonyl (C=O) groups excluding carboxylic acids is 1. The smallest absolute Gasteiger partial charge is 0.391 e. The van der Waals surface area contributed by atoms with Gasteiger partial charge in [-0.25, -0.2) is 8.78 Å². The first-order chi connectivity index (χ1) is 20.8. The first kappa shape index (κ1) is 31.5. The van der Waals surface area contributed by atoms with Gasteiger partial charge in [0.25, 0.3) is 5.60 Å². The van der Waals surface area contributed by atoms with Crippen molar-refractivity contribution >= 4 is 63.4 Å². The van der Waals surface area contributed by atoms with Gasteiger partial charge in [0.1, 0.15) is 12.4 Å². The molecule has 1 aliphatic heterocycles. The second-order valence-electron chi connectivity index (χ2n) is 9.77. The summed E-state index contributed by atoms with van der Waals surface area (Å²) < 4.78 is 71.6. The fourth-order valence-corrected chi connectivity index (χ4v) is 5.49. The molecule has 1 unspecified atom stereocenters. The molecule has 44 heavy (non-hydrogen) atoms. The monoisotopic (exact) mass is 669 g/mol. The molecule has 0 radical (unpaired) electrons. The molecule has 1 heterocycles. The van der Waals surface area contributed by atoms with E-state index < -0.39 is 51.3 Å². The number of alkyl halides is 3. The lowest BCUT2D eigenvalue weighted by molar-refractivity contribution is -0.275. The van der Waals surface area contributed by atoms with E-state index in [2.05, 4.69) is 10.3 Å². The zero-order chi connectivity index (χ0) is 31.8. The third kappa shape index (κ3) is 5.91. The maximum absolute atomic E-state index is 14.6. The molecule has 228 valence electrons. The minimum atomic E-state index is -5.02. The van der Waals surface area contributed by atoms with Crippen LogP contribution in [0.2, 0.25) is 15.1 Å². The van der Waals surface area contributed by atoms with Gasteiger partial charge in [-0.15, -0.1) is 0 Å². The molecule has 2 N–H and O–H groups in total. The van der Waals surface area contributed by atoms with Gasteiger partial charge in [-0.2, -0.15) is 13.2 Å². The summed E-state index contributed by atoms with van der Waals surface area (Å²) >= 11 is 17.3.